The minimum absolute atomic E-state index is 0.195. The fourth-order valence-electron chi connectivity index (χ4n) is 3.39. The Labute approximate surface area is 208 Å². The molecule has 0 bridgehead atoms. The number of nitrogens with one attached hydrogen (secondary N) is 2. The first-order valence-corrected chi connectivity index (χ1v) is 12.1. The molecule has 1 amide bonds. The molecule has 0 spiro atoms. The fraction of sp³-hybridized carbons (Fsp3) is 0.393. The molecule has 35 heavy (non-hydrogen) atoms. The highest BCUT2D eigenvalue weighted by Crippen LogP contribution is 2.35. The van der Waals surface area contributed by atoms with E-state index in [1.165, 1.54) is 5.56 Å². The summed E-state index contributed by atoms with van der Waals surface area (Å²) < 4.78 is 11.5. The van der Waals surface area contributed by atoms with Crippen molar-refractivity contribution in [1.29, 1.82) is 0 Å². The van der Waals surface area contributed by atoms with E-state index in [2.05, 4.69) is 46.6 Å². The number of aromatic nitrogens is 2. The minimum atomic E-state index is -0.538. The first-order valence-electron chi connectivity index (χ1n) is 12.1. The van der Waals surface area contributed by atoms with Crippen LogP contribution in [0.4, 0.5) is 16.3 Å². The van der Waals surface area contributed by atoms with E-state index in [1.807, 2.05) is 64.1 Å². The number of hydrogen-bond donors (Lipinski definition) is 2. The molecule has 1 atom stereocenters. The number of unbranched alkanes of at least 4 members (excludes halogenated alkanes) is 1. The molecule has 2 N–H and O–H groups in total. The van der Waals surface area contributed by atoms with Crippen LogP contribution in [0.15, 0.2) is 54.9 Å². The van der Waals surface area contributed by atoms with Gasteiger partial charge in [0.05, 0.1) is 12.6 Å². The predicted molar refractivity (Wildman–Crippen MR) is 140 cm³/mol. The molecule has 0 aliphatic heterocycles. The highest BCUT2D eigenvalue weighted by molar-refractivity contribution is 5.75. The lowest BCUT2D eigenvalue weighted by Crippen LogP contribution is -2.34. The Hall–Kier alpha value is -3.61. The van der Waals surface area contributed by atoms with Gasteiger partial charge in [-0.25, -0.2) is 14.8 Å². The number of aryl methyl sites for hydroxylation is 1. The molecule has 0 aliphatic rings. The third kappa shape index (κ3) is 7.70. The molecule has 7 heteroatoms. The second kappa shape index (κ2) is 11.7. The zero-order chi connectivity index (χ0) is 25.4. The maximum Gasteiger partial charge on any atom is 0.408 e. The Balaban J connectivity index is 1.79. The molecular weight excluding hydrogens is 440 g/mol. The van der Waals surface area contributed by atoms with Crippen LogP contribution in [0.5, 0.6) is 5.75 Å². The van der Waals surface area contributed by atoms with Crippen LogP contribution >= 0.6 is 0 Å². The standard InChI is InChI=1S/C28H36N4O3/c1-7-8-17-34-25-24(22-11-9-19(2)10-12-22)29-18-30-26(25)32-23-15-13-21(14-16-23)20(3)31-27(33)35-28(4,5)6/h9-16,18,20H,7-8,17H2,1-6H3,(H,31,33)(H,29,30,32)/t20-/m0/s1. The number of rotatable bonds is 9. The van der Waals surface area contributed by atoms with Crippen molar-refractivity contribution in [1.82, 2.24) is 15.3 Å². The average Bonchev–Trinajstić information content (AvgIpc) is 2.80. The van der Waals surface area contributed by atoms with Gasteiger partial charge in [0.15, 0.2) is 11.6 Å². The van der Waals surface area contributed by atoms with Gasteiger partial charge in [0.2, 0.25) is 0 Å². The number of alkyl carbamates (subject to hydrolysis) is 1. The Morgan fingerprint density at radius 1 is 1.03 bits per heavy atom. The summed E-state index contributed by atoms with van der Waals surface area (Å²) >= 11 is 0. The van der Waals surface area contributed by atoms with Crippen LogP contribution in [0.3, 0.4) is 0 Å². The van der Waals surface area contributed by atoms with Crippen LogP contribution in [0.25, 0.3) is 11.3 Å². The van der Waals surface area contributed by atoms with E-state index >= 15 is 0 Å². The smallest absolute Gasteiger partial charge is 0.408 e. The van der Waals surface area contributed by atoms with Gasteiger partial charge in [-0.2, -0.15) is 0 Å². The van der Waals surface area contributed by atoms with Gasteiger partial charge in [0.1, 0.15) is 17.6 Å². The van der Waals surface area contributed by atoms with Crippen LogP contribution < -0.4 is 15.4 Å². The van der Waals surface area contributed by atoms with Crippen molar-refractivity contribution in [2.45, 2.75) is 66.0 Å². The van der Waals surface area contributed by atoms with E-state index < -0.39 is 11.7 Å². The summed E-state index contributed by atoms with van der Waals surface area (Å²) in [7, 11) is 0. The van der Waals surface area contributed by atoms with E-state index in [-0.39, 0.29) is 6.04 Å². The number of anilines is 2. The van der Waals surface area contributed by atoms with E-state index in [9.17, 15) is 4.79 Å². The molecular formula is C28H36N4O3. The summed E-state index contributed by atoms with van der Waals surface area (Å²) in [6.45, 7) is 12.2. The van der Waals surface area contributed by atoms with Crippen molar-refractivity contribution in [3.05, 3.63) is 66.0 Å². The molecule has 1 aromatic heterocycles. The molecule has 0 fully saturated rings. The van der Waals surface area contributed by atoms with Gasteiger partial charge in [0.25, 0.3) is 0 Å². The lowest BCUT2D eigenvalue weighted by atomic mass is 10.1. The van der Waals surface area contributed by atoms with E-state index in [1.54, 1.807) is 6.33 Å². The van der Waals surface area contributed by atoms with Crippen molar-refractivity contribution in [2.24, 2.45) is 0 Å². The molecule has 1 heterocycles. The van der Waals surface area contributed by atoms with E-state index in [4.69, 9.17) is 9.47 Å². The Kier molecular flexibility index (Phi) is 8.68. The zero-order valence-corrected chi connectivity index (χ0v) is 21.5. The molecule has 3 aromatic rings. The van der Waals surface area contributed by atoms with Crippen LogP contribution in [-0.2, 0) is 4.74 Å². The number of amides is 1. The minimum Gasteiger partial charge on any atom is -0.488 e. The van der Waals surface area contributed by atoms with Crippen LogP contribution in [0.1, 0.15) is 64.6 Å². The Morgan fingerprint density at radius 3 is 2.34 bits per heavy atom. The van der Waals surface area contributed by atoms with Gasteiger partial charge < -0.3 is 20.1 Å². The number of nitrogens with zero attached hydrogens (tertiary/aromatic N) is 2. The van der Waals surface area contributed by atoms with Gasteiger partial charge >= 0.3 is 6.09 Å². The molecule has 3 rings (SSSR count). The number of hydrogen-bond acceptors (Lipinski definition) is 6. The first-order chi connectivity index (χ1) is 16.7. The highest BCUT2D eigenvalue weighted by atomic mass is 16.6. The van der Waals surface area contributed by atoms with Gasteiger partial charge in [-0.3, -0.25) is 0 Å². The summed E-state index contributed by atoms with van der Waals surface area (Å²) in [6, 6.07) is 15.8. The fourth-order valence-corrected chi connectivity index (χ4v) is 3.39. The van der Waals surface area contributed by atoms with Gasteiger partial charge in [0, 0.05) is 11.3 Å². The van der Waals surface area contributed by atoms with Crippen molar-refractivity contribution in [3.63, 3.8) is 0 Å². The summed E-state index contributed by atoms with van der Waals surface area (Å²) in [5.41, 5.74) is 4.19. The average molecular weight is 477 g/mol. The van der Waals surface area contributed by atoms with Crippen molar-refractivity contribution in [3.8, 4) is 17.0 Å². The number of carbonyl (C=O) groups excluding carboxylic acids is 1. The quantitative estimate of drug-likeness (QED) is 0.325. The summed E-state index contributed by atoms with van der Waals surface area (Å²) in [5, 5.41) is 6.24. The molecule has 0 radical (unpaired) electrons. The topological polar surface area (TPSA) is 85.4 Å². The number of benzene rings is 2. The third-order valence-electron chi connectivity index (χ3n) is 5.28. The predicted octanol–water partition coefficient (Wildman–Crippen LogP) is 6.96. The summed E-state index contributed by atoms with van der Waals surface area (Å²) in [4.78, 5) is 21.1. The molecule has 2 aromatic carbocycles. The van der Waals surface area contributed by atoms with Gasteiger partial charge in [-0.15, -0.1) is 0 Å². The van der Waals surface area contributed by atoms with Crippen LogP contribution in [0, 0.1) is 6.92 Å². The molecule has 7 nitrogen and oxygen atoms in total. The summed E-state index contributed by atoms with van der Waals surface area (Å²) in [5.74, 6) is 1.24. The van der Waals surface area contributed by atoms with E-state index in [0.29, 0.717) is 18.2 Å². The monoisotopic (exact) mass is 476 g/mol. The van der Waals surface area contributed by atoms with Crippen molar-refractivity contribution in [2.75, 3.05) is 11.9 Å². The van der Waals surface area contributed by atoms with Crippen LogP contribution in [-0.4, -0.2) is 28.3 Å². The Morgan fingerprint density at radius 2 is 1.71 bits per heavy atom. The SMILES string of the molecule is CCCCOc1c(Nc2ccc([C@H](C)NC(=O)OC(C)(C)C)cc2)ncnc1-c1ccc(C)cc1. The third-order valence-corrected chi connectivity index (χ3v) is 5.28. The Bertz CT molecular complexity index is 1110. The lowest BCUT2D eigenvalue weighted by molar-refractivity contribution is 0.0508. The first kappa shape index (κ1) is 26.0. The molecule has 0 saturated heterocycles. The van der Waals surface area contributed by atoms with Crippen molar-refractivity contribution < 1.29 is 14.3 Å². The zero-order valence-electron chi connectivity index (χ0n) is 21.5. The molecule has 186 valence electrons. The summed E-state index contributed by atoms with van der Waals surface area (Å²) in [6.07, 6.45) is 3.09. The molecule has 0 aliphatic carbocycles. The molecule has 0 saturated carbocycles. The maximum absolute atomic E-state index is 12.1. The number of ether oxygens (including phenoxy) is 2. The maximum atomic E-state index is 12.1. The lowest BCUT2D eigenvalue weighted by Gasteiger charge is -2.22. The van der Waals surface area contributed by atoms with Crippen LogP contribution in [0.2, 0.25) is 0 Å². The number of carbonyl (C=O) groups is 1. The molecule has 0 unspecified atom stereocenters. The second-order valence-electron chi connectivity index (χ2n) is 9.58. The largest absolute Gasteiger partial charge is 0.488 e. The van der Waals surface area contributed by atoms with E-state index in [0.717, 1.165) is 35.3 Å². The van der Waals surface area contributed by atoms with Crippen molar-refractivity contribution >= 4 is 17.6 Å². The van der Waals surface area contributed by atoms with Gasteiger partial charge in [-0.05, 0) is 58.7 Å². The van der Waals surface area contributed by atoms with Gasteiger partial charge in [-0.1, -0.05) is 55.3 Å². The second-order valence-corrected chi connectivity index (χ2v) is 9.58. The highest BCUT2D eigenvalue weighted by Gasteiger charge is 2.19. The normalized spacial score (nSPS) is 12.1.